The summed E-state index contributed by atoms with van der Waals surface area (Å²) in [4.78, 5) is 23.6. The number of allylic oxidation sites excluding steroid dienone is 1. The molecule has 0 atom stereocenters. The zero-order valence-corrected chi connectivity index (χ0v) is 18.8. The molecular weight excluding hydrogens is 448 g/mol. The van der Waals surface area contributed by atoms with Crippen molar-refractivity contribution in [3.05, 3.63) is 94.0 Å². The van der Waals surface area contributed by atoms with Gasteiger partial charge in [0, 0.05) is 35.6 Å². The van der Waals surface area contributed by atoms with E-state index in [0.717, 1.165) is 27.3 Å². The van der Waals surface area contributed by atoms with Crippen LogP contribution in [-0.2, 0) is 12.3 Å². The minimum atomic E-state index is -0.0470. The lowest BCUT2D eigenvalue weighted by Crippen LogP contribution is -2.22. The van der Waals surface area contributed by atoms with E-state index in [0.29, 0.717) is 27.9 Å². The molecule has 0 N–H and O–H groups in total. The van der Waals surface area contributed by atoms with Crippen molar-refractivity contribution >= 4 is 50.6 Å². The highest BCUT2D eigenvalue weighted by Gasteiger charge is 2.17. The summed E-state index contributed by atoms with van der Waals surface area (Å²) in [5, 5.41) is 3.98. The van der Waals surface area contributed by atoms with Gasteiger partial charge in [-0.2, -0.15) is 0 Å². The van der Waals surface area contributed by atoms with E-state index in [4.69, 9.17) is 16.6 Å². The van der Waals surface area contributed by atoms with Crippen LogP contribution in [-0.4, -0.2) is 18.9 Å². The monoisotopic (exact) mass is 464 g/mol. The van der Waals surface area contributed by atoms with Gasteiger partial charge < -0.3 is 4.40 Å². The third kappa shape index (κ3) is 3.80. The Labute approximate surface area is 191 Å². The van der Waals surface area contributed by atoms with Crippen molar-refractivity contribution in [2.45, 2.75) is 17.5 Å². The number of thiophene rings is 1. The number of pyridine rings is 1. The molecule has 5 aromatic rings. The van der Waals surface area contributed by atoms with Gasteiger partial charge in [-0.15, -0.1) is 17.9 Å². The number of hydrogen-bond acceptors (Lipinski definition) is 5. The molecule has 5 nitrogen and oxygen atoms in total. The van der Waals surface area contributed by atoms with Crippen molar-refractivity contribution in [1.82, 2.24) is 18.9 Å². The fourth-order valence-corrected chi connectivity index (χ4v) is 5.51. The van der Waals surface area contributed by atoms with Gasteiger partial charge in [-0.05, 0) is 17.7 Å². The molecular formula is C23H17ClN4OS2. The Balaban J connectivity index is 1.54. The van der Waals surface area contributed by atoms with Gasteiger partial charge in [0.1, 0.15) is 10.5 Å². The highest BCUT2D eigenvalue weighted by molar-refractivity contribution is 7.98. The lowest BCUT2D eigenvalue weighted by Gasteiger charge is -2.10. The number of nitrogens with zero attached hydrogens (tertiary/aromatic N) is 4. The Morgan fingerprint density at radius 1 is 1.13 bits per heavy atom. The van der Waals surface area contributed by atoms with Crippen molar-refractivity contribution in [1.29, 1.82) is 0 Å². The number of rotatable bonds is 6. The quantitative estimate of drug-likeness (QED) is 0.178. The highest BCUT2D eigenvalue weighted by atomic mass is 35.5. The molecule has 154 valence electrons. The first-order valence-corrected chi connectivity index (χ1v) is 11.8. The van der Waals surface area contributed by atoms with Crippen LogP contribution in [0.3, 0.4) is 0 Å². The number of aromatic nitrogens is 4. The summed E-state index contributed by atoms with van der Waals surface area (Å²) < 4.78 is 3.59. The normalized spacial score (nSPS) is 11.4. The van der Waals surface area contributed by atoms with Gasteiger partial charge in [-0.3, -0.25) is 9.36 Å². The number of thioether (sulfide) groups is 1. The van der Waals surface area contributed by atoms with Crippen LogP contribution >= 0.6 is 34.7 Å². The van der Waals surface area contributed by atoms with Crippen LogP contribution in [0.5, 0.6) is 0 Å². The molecule has 1 aromatic carbocycles. The molecule has 0 aliphatic heterocycles. The molecule has 0 fully saturated rings. The van der Waals surface area contributed by atoms with Gasteiger partial charge in [-0.25, -0.2) is 9.97 Å². The van der Waals surface area contributed by atoms with Crippen LogP contribution in [0.4, 0.5) is 0 Å². The minimum Gasteiger partial charge on any atom is -0.305 e. The van der Waals surface area contributed by atoms with E-state index in [1.54, 1.807) is 10.6 Å². The summed E-state index contributed by atoms with van der Waals surface area (Å²) in [6.07, 6.45) is 5.49. The highest BCUT2D eigenvalue weighted by Crippen LogP contribution is 2.32. The van der Waals surface area contributed by atoms with E-state index < -0.39 is 0 Å². The van der Waals surface area contributed by atoms with Crippen molar-refractivity contribution in [3.63, 3.8) is 0 Å². The fourth-order valence-electron chi connectivity index (χ4n) is 3.46. The van der Waals surface area contributed by atoms with Gasteiger partial charge in [-0.1, -0.05) is 59.8 Å². The number of benzene rings is 1. The third-order valence-corrected chi connectivity index (χ3v) is 6.97. The second kappa shape index (κ2) is 8.34. The minimum absolute atomic E-state index is 0.0470. The summed E-state index contributed by atoms with van der Waals surface area (Å²) in [6, 6.07) is 13.6. The van der Waals surface area contributed by atoms with E-state index in [-0.39, 0.29) is 5.56 Å². The molecule has 4 heterocycles. The molecule has 0 unspecified atom stereocenters. The van der Waals surface area contributed by atoms with E-state index in [2.05, 4.69) is 11.6 Å². The predicted octanol–water partition coefficient (Wildman–Crippen LogP) is 5.90. The smallest absolute Gasteiger partial charge is 0.263 e. The summed E-state index contributed by atoms with van der Waals surface area (Å²) in [5.41, 5.74) is 3.61. The molecule has 5 rings (SSSR count). The molecule has 4 aromatic heterocycles. The van der Waals surface area contributed by atoms with Gasteiger partial charge >= 0.3 is 0 Å². The summed E-state index contributed by atoms with van der Waals surface area (Å²) >= 11 is 9.05. The van der Waals surface area contributed by atoms with Crippen LogP contribution in [0.1, 0.15) is 5.69 Å². The molecule has 8 heteroatoms. The molecule has 0 amide bonds. The van der Waals surface area contributed by atoms with E-state index in [9.17, 15) is 4.79 Å². The maximum Gasteiger partial charge on any atom is 0.263 e. The van der Waals surface area contributed by atoms with Gasteiger partial charge in [0.05, 0.1) is 16.1 Å². The van der Waals surface area contributed by atoms with E-state index in [1.165, 1.54) is 23.1 Å². The number of fused-ring (bicyclic) bond motifs is 2. The van der Waals surface area contributed by atoms with E-state index >= 15 is 0 Å². The second-order valence-corrected chi connectivity index (χ2v) is 9.17. The first kappa shape index (κ1) is 20.1. The van der Waals surface area contributed by atoms with Gasteiger partial charge in [0.25, 0.3) is 5.56 Å². The molecule has 0 aliphatic rings. The van der Waals surface area contributed by atoms with Crippen LogP contribution in [0.25, 0.3) is 27.0 Å². The molecule has 0 saturated heterocycles. The molecule has 0 spiro atoms. The topological polar surface area (TPSA) is 52.2 Å². The molecule has 0 saturated carbocycles. The fraction of sp³-hybridized carbons (Fsp3) is 0.0870. The SMILES string of the molecule is C=CCn1c(SCc2cn3cc(Cl)ccc3n2)nc2scc(-c3ccccc3)c2c1=O. The Bertz CT molecular complexity index is 1470. The molecule has 0 bridgehead atoms. The summed E-state index contributed by atoms with van der Waals surface area (Å²) in [6.45, 7) is 4.22. The lowest BCUT2D eigenvalue weighted by molar-refractivity contribution is 0.673. The average molecular weight is 465 g/mol. The maximum atomic E-state index is 13.4. The zero-order valence-electron chi connectivity index (χ0n) is 16.4. The van der Waals surface area contributed by atoms with Crippen LogP contribution < -0.4 is 5.56 Å². The van der Waals surface area contributed by atoms with Crippen LogP contribution in [0.15, 0.2) is 82.8 Å². The Kier molecular flexibility index (Phi) is 5.40. The van der Waals surface area contributed by atoms with Crippen molar-refractivity contribution < 1.29 is 0 Å². The first-order chi connectivity index (χ1) is 15.1. The largest absolute Gasteiger partial charge is 0.305 e. The Morgan fingerprint density at radius 3 is 2.77 bits per heavy atom. The maximum absolute atomic E-state index is 13.4. The van der Waals surface area contributed by atoms with Gasteiger partial charge in [0.15, 0.2) is 5.16 Å². The predicted molar refractivity (Wildman–Crippen MR) is 129 cm³/mol. The second-order valence-electron chi connectivity index (χ2n) is 6.93. The number of imidazole rings is 1. The van der Waals surface area contributed by atoms with Crippen LogP contribution in [0, 0.1) is 0 Å². The standard InChI is InChI=1S/C23H17ClN4OS2/c1-2-10-28-22(29)20-18(15-6-4-3-5-7-15)14-30-21(20)26-23(28)31-13-17-12-27-11-16(24)8-9-19(27)25-17/h2-9,11-12,14H,1,10,13H2. The first-order valence-electron chi connectivity index (χ1n) is 9.58. The summed E-state index contributed by atoms with van der Waals surface area (Å²) in [7, 11) is 0. The Hall–Kier alpha value is -2.87. The van der Waals surface area contributed by atoms with E-state index in [1.807, 2.05) is 64.6 Å². The number of hydrogen-bond donors (Lipinski definition) is 0. The molecule has 31 heavy (non-hydrogen) atoms. The van der Waals surface area contributed by atoms with Crippen molar-refractivity contribution in [2.75, 3.05) is 0 Å². The van der Waals surface area contributed by atoms with Crippen molar-refractivity contribution in [2.24, 2.45) is 0 Å². The van der Waals surface area contributed by atoms with Crippen LogP contribution in [0.2, 0.25) is 5.02 Å². The summed E-state index contributed by atoms with van der Waals surface area (Å²) in [5.74, 6) is 0.589. The van der Waals surface area contributed by atoms with Gasteiger partial charge in [0.2, 0.25) is 0 Å². The Morgan fingerprint density at radius 2 is 1.97 bits per heavy atom. The lowest BCUT2D eigenvalue weighted by atomic mass is 10.1. The zero-order chi connectivity index (χ0) is 21.4. The van der Waals surface area contributed by atoms with Crippen molar-refractivity contribution in [3.8, 4) is 11.1 Å². The average Bonchev–Trinajstić information content (AvgIpc) is 3.38. The third-order valence-electron chi connectivity index (χ3n) is 4.87. The molecule has 0 radical (unpaired) electrons. The molecule has 0 aliphatic carbocycles. The number of halogens is 1.